The Hall–Kier alpha value is -4.20. The number of anilines is 2. The molecule has 32 heavy (non-hydrogen) atoms. The summed E-state index contributed by atoms with van der Waals surface area (Å²) in [7, 11) is 3.50. The molecule has 0 aliphatic heterocycles. The van der Waals surface area contributed by atoms with Gasteiger partial charge in [-0.3, -0.25) is 9.48 Å². The van der Waals surface area contributed by atoms with Gasteiger partial charge in [-0.25, -0.2) is 9.97 Å². The highest BCUT2D eigenvalue weighted by molar-refractivity contribution is 5.94. The highest BCUT2D eigenvalue weighted by Crippen LogP contribution is 2.39. The molecule has 0 fully saturated rings. The van der Waals surface area contributed by atoms with E-state index in [0.717, 1.165) is 46.6 Å². The summed E-state index contributed by atoms with van der Waals surface area (Å²) in [4.78, 5) is 20.8. The van der Waals surface area contributed by atoms with Crippen molar-refractivity contribution >= 4 is 17.5 Å². The molecule has 0 saturated heterocycles. The minimum Gasteiger partial charge on any atom is -0.495 e. The van der Waals surface area contributed by atoms with E-state index in [1.54, 1.807) is 18.2 Å². The third-order valence-corrected chi connectivity index (χ3v) is 5.63. The molecule has 1 aliphatic rings. The molecule has 0 spiro atoms. The molecular formula is C24H22N6O2. The van der Waals surface area contributed by atoms with Crippen LogP contribution in [0.2, 0.25) is 0 Å². The first kappa shape index (κ1) is 19.7. The Balaban J connectivity index is 1.58. The quantitative estimate of drug-likeness (QED) is 0.506. The van der Waals surface area contributed by atoms with Gasteiger partial charge >= 0.3 is 0 Å². The molecule has 0 saturated carbocycles. The first-order chi connectivity index (χ1) is 15.5. The largest absolute Gasteiger partial charge is 0.495 e. The molecule has 0 unspecified atom stereocenters. The molecule has 2 aromatic heterocycles. The predicted octanol–water partition coefficient (Wildman–Crippen LogP) is 3.49. The summed E-state index contributed by atoms with van der Waals surface area (Å²) in [5.41, 5.74) is 12.6. The first-order valence-corrected chi connectivity index (χ1v) is 10.3. The number of nitrogens with one attached hydrogen (secondary N) is 1. The Labute approximate surface area is 185 Å². The number of aryl methyl sites for hydroxylation is 3. The van der Waals surface area contributed by atoms with Crippen LogP contribution in [0.3, 0.4) is 0 Å². The van der Waals surface area contributed by atoms with E-state index in [4.69, 9.17) is 20.6 Å². The molecule has 160 valence electrons. The molecule has 8 nitrogen and oxygen atoms in total. The molecule has 0 atom stereocenters. The van der Waals surface area contributed by atoms with Crippen LogP contribution in [0.15, 0.2) is 54.7 Å². The predicted molar refractivity (Wildman–Crippen MR) is 122 cm³/mol. The molecular weight excluding hydrogens is 404 g/mol. The number of benzene rings is 2. The average molecular weight is 426 g/mol. The van der Waals surface area contributed by atoms with Gasteiger partial charge in [0.15, 0.2) is 0 Å². The molecule has 2 aromatic carbocycles. The lowest BCUT2D eigenvalue weighted by molar-refractivity contribution is 0.1000. The van der Waals surface area contributed by atoms with E-state index >= 15 is 0 Å². The van der Waals surface area contributed by atoms with Crippen molar-refractivity contribution in [1.82, 2.24) is 19.7 Å². The van der Waals surface area contributed by atoms with Gasteiger partial charge in [0.25, 0.3) is 0 Å². The molecule has 4 aromatic rings. The maximum absolute atomic E-state index is 11.5. The fraction of sp³-hybridized carbons (Fsp3) is 0.167. The lowest BCUT2D eigenvalue weighted by Gasteiger charge is -2.17. The van der Waals surface area contributed by atoms with Gasteiger partial charge in [-0.15, -0.1) is 0 Å². The van der Waals surface area contributed by atoms with Crippen LogP contribution in [0, 0.1) is 0 Å². The van der Waals surface area contributed by atoms with E-state index in [-0.39, 0.29) is 0 Å². The third-order valence-electron chi connectivity index (χ3n) is 5.63. The molecule has 2 heterocycles. The average Bonchev–Trinajstić information content (AvgIpc) is 3.16. The van der Waals surface area contributed by atoms with Gasteiger partial charge in [-0.05, 0) is 36.6 Å². The fourth-order valence-electron chi connectivity index (χ4n) is 4.12. The van der Waals surface area contributed by atoms with Crippen molar-refractivity contribution in [2.24, 2.45) is 12.8 Å². The van der Waals surface area contributed by atoms with Crippen LogP contribution in [0.5, 0.6) is 5.75 Å². The molecule has 1 amide bonds. The van der Waals surface area contributed by atoms with Crippen LogP contribution < -0.4 is 15.8 Å². The molecule has 8 heteroatoms. The second-order valence-corrected chi connectivity index (χ2v) is 7.63. The molecule has 5 rings (SSSR count). The van der Waals surface area contributed by atoms with Gasteiger partial charge in [-0.2, -0.15) is 5.10 Å². The van der Waals surface area contributed by atoms with Gasteiger partial charge in [0.1, 0.15) is 5.75 Å². The number of hydrogen-bond acceptors (Lipinski definition) is 6. The summed E-state index contributed by atoms with van der Waals surface area (Å²) < 4.78 is 7.34. The van der Waals surface area contributed by atoms with Gasteiger partial charge in [0, 0.05) is 29.9 Å². The van der Waals surface area contributed by atoms with Crippen molar-refractivity contribution in [1.29, 1.82) is 0 Å². The van der Waals surface area contributed by atoms with Crippen LogP contribution in [-0.2, 0) is 19.9 Å². The number of nitrogens with zero attached hydrogens (tertiary/aromatic N) is 4. The number of methoxy groups -OCH3 is 1. The standard InChI is InChI=1S/C24H22N6O2/c1-30-22(14-6-4-3-5-7-14)20-18(29-30)11-9-16-13-26-24(28-21(16)20)27-17-10-8-15(23(25)31)12-19(17)32-2/h3-8,10,12-13H,9,11H2,1-2H3,(H2,25,31)(H,26,27,28). The van der Waals surface area contributed by atoms with Gasteiger partial charge in [0.05, 0.1) is 29.9 Å². The van der Waals surface area contributed by atoms with Gasteiger partial charge in [-0.1, -0.05) is 30.3 Å². The number of ether oxygens (including phenoxy) is 1. The van der Waals surface area contributed by atoms with Crippen molar-refractivity contribution in [2.45, 2.75) is 12.8 Å². The van der Waals surface area contributed by atoms with E-state index in [9.17, 15) is 4.79 Å². The van der Waals surface area contributed by atoms with Crippen molar-refractivity contribution in [3.05, 3.63) is 71.5 Å². The number of nitrogens with two attached hydrogens (primary N) is 1. The van der Waals surface area contributed by atoms with E-state index in [2.05, 4.69) is 22.4 Å². The zero-order chi connectivity index (χ0) is 22.2. The Kier molecular flexibility index (Phi) is 4.82. The van der Waals surface area contributed by atoms with Crippen LogP contribution >= 0.6 is 0 Å². The zero-order valence-electron chi connectivity index (χ0n) is 17.8. The van der Waals surface area contributed by atoms with Crippen LogP contribution in [0.25, 0.3) is 22.5 Å². The van der Waals surface area contributed by atoms with Crippen LogP contribution in [0.4, 0.5) is 11.6 Å². The summed E-state index contributed by atoms with van der Waals surface area (Å²) in [5, 5.41) is 7.98. The SMILES string of the molecule is COc1cc(C(N)=O)ccc1Nc1ncc2c(n1)-c1c(nn(C)c1-c1ccccc1)CC2. The highest BCUT2D eigenvalue weighted by Gasteiger charge is 2.27. The van der Waals surface area contributed by atoms with Crippen molar-refractivity contribution < 1.29 is 9.53 Å². The number of fused-ring (bicyclic) bond motifs is 3. The molecule has 0 radical (unpaired) electrons. The number of rotatable bonds is 5. The molecule has 3 N–H and O–H groups in total. The smallest absolute Gasteiger partial charge is 0.248 e. The van der Waals surface area contributed by atoms with Crippen molar-refractivity contribution in [3.63, 3.8) is 0 Å². The van der Waals surface area contributed by atoms with Gasteiger partial charge in [0.2, 0.25) is 11.9 Å². The van der Waals surface area contributed by atoms with Crippen LogP contribution in [-0.4, -0.2) is 32.8 Å². The minimum absolute atomic E-state index is 0.367. The Bertz CT molecular complexity index is 1330. The number of carbonyl (C=O) groups is 1. The summed E-state index contributed by atoms with van der Waals surface area (Å²) in [6, 6.07) is 15.2. The normalized spacial score (nSPS) is 12.1. The number of amides is 1. The highest BCUT2D eigenvalue weighted by atomic mass is 16.5. The summed E-state index contributed by atoms with van der Waals surface area (Å²) in [5.74, 6) is 0.400. The molecule has 0 bridgehead atoms. The first-order valence-electron chi connectivity index (χ1n) is 10.3. The Morgan fingerprint density at radius 2 is 1.97 bits per heavy atom. The van der Waals surface area contributed by atoms with E-state index in [1.165, 1.54) is 7.11 Å². The van der Waals surface area contributed by atoms with Crippen LogP contribution in [0.1, 0.15) is 21.6 Å². The van der Waals surface area contributed by atoms with Crippen molar-refractivity contribution in [2.75, 3.05) is 12.4 Å². The monoisotopic (exact) mass is 426 g/mol. The third kappa shape index (κ3) is 3.35. The van der Waals surface area contributed by atoms with Crippen molar-refractivity contribution in [3.8, 4) is 28.3 Å². The second kappa shape index (κ2) is 7.81. The number of hydrogen-bond donors (Lipinski definition) is 2. The van der Waals surface area contributed by atoms with Gasteiger partial charge < -0.3 is 15.8 Å². The number of carbonyl (C=O) groups excluding carboxylic acids is 1. The second-order valence-electron chi connectivity index (χ2n) is 7.63. The lowest BCUT2D eigenvalue weighted by Crippen LogP contribution is -2.11. The van der Waals surface area contributed by atoms with E-state index in [1.807, 2.05) is 36.1 Å². The molecule has 1 aliphatic carbocycles. The minimum atomic E-state index is -0.516. The lowest BCUT2D eigenvalue weighted by atomic mass is 9.91. The summed E-state index contributed by atoms with van der Waals surface area (Å²) in [6.45, 7) is 0. The topological polar surface area (TPSA) is 108 Å². The van der Waals surface area contributed by atoms with E-state index < -0.39 is 5.91 Å². The Morgan fingerprint density at radius 1 is 1.16 bits per heavy atom. The zero-order valence-corrected chi connectivity index (χ0v) is 17.8. The summed E-state index contributed by atoms with van der Waals surface area (Å²) >= 11 is 0. The number of primary amides is 1. The Morgan fingerprint density at radius 3 is 2.72 bits per heavy atom. The van der Waals surface area contributed by atoms with E-state index in [0.29, 0.717) is 22.9 Å². The summed E-state index contributed by atoms with van der Waals surface area (Å²) in [6.07, 6.45) is 3.55. The number of aromatic nitrogens is 4. The fourth-order valence-corrected chi connectivity index (χ4v) is 4.12. The maximum atomic E-state index is 11.5. The maximum Gasteiger partial charge on any atom is 0.248 e.